The van der Waals surface area contributed by atoms with Crippen LogP contribution in [0.4, 0.5) is 5.82 Å². The maximum absolute atomic E-state index is 5.29. The van der Waals surface area contributed by atoms with Gasteiger partial charge in [0, 0.05) is 26.2 Å². The molecule has 0 radical (unpaired) electrons. The fourth-order valence-electron chi connectivity index (χ4n) is 3.02. The molecule has 1 aliphatic rings. The first-order chi connectivity index (χ1) is 11.6. The Morgan fingerprint density at radius 3 is 2.50 bits per heavy atom. The van der Waals surface area contributed by atoms with Crippen LogP contribution in [0.15, 0.2) is 16.7 Å². The summed E-state index contributed by atoms with van der Waals surface area (Å²) in [6.45, 7) is 9.43. The molecule has 3 aromatic rings. The summed E-state index contributed by atoms with van der Waals surface area (Å²) in [6, 6.07) is 4.09. The van der Waals surface area contributed by atoms with Gasteiger partial charge in [-0.2, -0.15) is 4.98 Å². The second-order valence-corrected chi connectivity index (χ2v) is 6.08. The topological polar surface area (TPSA) is 88.5 Å². The third-order valence-electron chi connectivity index (χ3n) is 4.39. The molecule has 0 bridgehead atoms. The average molecular weight is 328 g/mol. The fraction of sp³-hybridized carbons (Fsp3) is 0.533. The molecule has 0 spiro atoms. The van der Waals surface area contributed by atoms with E-state index in [9.17, 15) is 0 Å². The van der Waals surface area contributed by atoms with Crippen molar-refractivity contribution in [3.8, 4) is 0 Å². The molecule has 3 aromatic heterocycles. The summed E-state index contributed by atoms with van der Waals surface area (Å²) in [5.41, 5.74) is 0.773. The zero-order valence-electron chi connectivity index (χ0n) is 14.0. The first-order valence-corrected chi connectivity index (χ1v) is 8.10. The second-order valence-electron chi connectivity index (χ2n) is 6.08. The smallest absolute Gasteiger partial charge is 0.243 e. The lowest BCUT2D eigenvalue weighted by Crippen LogP contribution is -2.47. The van der Waals surface area contributed by atoms with Crippen LogP contribution in [0.25, 0.3) is 5.65 Å². The van der Waals surface area contributed by atoms with Crippen molar-refractivity contribution in [1.82, 2.24) is 34.9 Å². The normalized spacial score (nSPS) is 17.5. The molecule has 0 N–H and O–H groups in total. The van der Waals surface area contributed by atoms with Gasteiger partial charge in [0.1, 0.15) is 5.82 Å². The van der Waals surface area contributed by atoms with Crippen LogP contribution in [-0.4, -0.2) is 61.0 Å². The largest absolute Gasteiger partial charge is 0.353 e. The summed E-state index contributed by atoms with van der Waals surface area (Å²) in [5.74, 6) is 3.01. The number of anilines is 1. The van der Waals surface area contributed by atoms with Crippen molar-refractivity contribution < 1.29 is 4.52 Å². The number of hydrogen-bond donors (Lipinski definition) is 0. The van der Waals surface area contributed by atoms with Gasteiger partial charge in [0.2, 0.25) is 5.89 Å². The maximum Gasteiger partial charge on any atom is 0.243 e. The molecule has 0 saturated carbocycles. The first-order valence-electron chi connectivity index (χ1n) is 8.10. The molecule has 1 atom stereocenters. The van der Waals surface area contributed by atoms with Crippen LogP contribution < -0.4 is 4.90 Å². The number of nitrogens with zero attached hydrogens (tertiary/aromatic N) is 8. The minimum Gasteiger partial charge on any atom is -0.353 e. The lowest BCUT2D eigenvalue weighted by atomic mass is 10.2. The minimum absolute atomic E-state index is 0.127. The number of piperazine rings is 1. The van der Waals surface area contributed by atoms with Crippen LogP contribution in [0.1, 0.15) is 30.5 Å². The Hall–Kier alpha value is -2.55. The fourth-order valence-corrected chi connectivity index (χ4v) is 3.02. The van der Waals surface area contributed by atoms with Gasteiger partial charge >= 0.3 is 0 Å². The van der Waals surface area contributed by atoms with E-state index in [1.54, 1.807) is 4.63 Å². The highest BCUT2D eigenvalue weighted by Crippen LogP contribution is 2.22. The number of rotatable bonds is 3. The maximum atomic E-state index is 5.29. The van der Waals surface area contributed by atoms with Gasteiger partial charge < -0.3 is 9.42 Å². The predicted octanol–water partition coefficient (Wildman–Crippen LogP) is 1.01. The van der Waals surface area contributed by atoms with Gasteiger partial charge in [-0.05, 0) is 32.9 Å². The molecule has 24 heavy (non-hydrogen) atoms. The molecule has 4 heterocycles. The molecule has 9 nitrogen and oxygen atoms in total. The number of aryl methyl sites for hydroxylation is 2. The molecule has 0 aliphatic carbocycles. The summed E-state index contributed by atoms with van der Waals surface area (Å²) in [5, 5.41) is 12.7. The molecule has 0 amide bonds. The predicted molar refractivity (Wildman–Crippen MR) is 86.8 cm³/mol. The Balaban J connectivity index is 1.44. The number of fused-ring (bicyclic) bond motifs is 1. The summed E-state index contributed by atoms with van der Waals surface area (Å²) >= 11 is 0. The Bertz CT molecular complexity index is 848. The summed E-state index contributed by atoms with van der Waals surface area (Å²) in [6.07, 6.45) is 0. The second kappa shape index (κ2) is 5.82. The van der Waals surface area contributed by atoms with Crippen molar-refractivity contribution in [2.24, 2.45) is 0 Å². The van der Waals surface area contributed by atoms with Gasteiger partial charge in [-0.25, -0.2) is 4.98 Å². The van der Waals surface area contributed by atoms with E-state index >= 15 is 0 Å². The lowest BCUT2D eigenvalue weighted by Gasteiger charge is -2.37. The highest BCUT2D eigenvalue weighted by atomic mass is 16.5. The zero-order valence-corrected chi connectivity index (χ0v) is 14.0. The van der Waals surface area contributed by atoms with Gasteiger partial charge in [-0.3, -0.25) is 4.90 Å². The van der Waals surface area contributed by atoms with Gasteiger partial charge in [-0.1, -0.05) is 5.16 Å². The third-order valence-corrected chi connectivity index (χ3v) is 4.39. The van der Waals surface area contributed by atoms with Crippen LogP contribution in [0.5, 0.6) is 0 Å². The highest BCUT2D eigenvalue weighted by Gasteiger charge is 2.26. The summed E-state index contributed by atoms with van der Waals surface area (Å²) < 4.78 is 6.89. The molecule has 1 saturated heterocycles. The molecule has 9 heteroatoms. The van der Waals surface area contributed by atoms with Crippen molar-refractivity contribution in [1.29, 1.82) is 0 Å². The lowest BCUT2D eigenvalue weighted by molar-refractivity contribution is 0.164. The quantitative estimate of drug-likeness (QED) is 0.704. The standard InChI is InChI=1S/C15H20N8O/c1-10(15-17-12(3)20-24-15)21-6-8-22(9-7-21)14-5-4-13-16-11(2)18-23(13)19-14/h4-5,10H,6-9H2,1-3H3/t10-/m1/s1. The van der Waals surface area contributed by atoms with E-state index in [4.69, 9.17) is 4.52 Å². The van der Waals surface area contributed by atoms with Crippen molar-refractivity contribution in [2.75, 3.05) is 31.1 Å². The van der Waals surface area contributed by atoms with Crippen molar-refractivity contribution in [3.63, 3.8) is 0 Å². The van der Waals surface area contributed by atoms with Gasteiger partial charge in [0.25, 0.3) is 0 Å². The Morgan fingerprint density at radius 2 is 1.79 bits per heavy atom. The molecule has 4 rings (SSSR count). The first kappa shape index (κ1) is 15.0. The molecule has 0 unspecified atom stereocenters. The van der Waals surface area contributed by atoms with Crippen LogP contribution in [0.2, 0.25) is 0 Å². The molecule has 126 valence electrons. The molecular weight excluding hydrogens is 308 g/mol. The Labute approximate surface area is 139 Å². The highest BCUT2D eigenvalue weighted by molar-refractivity contribution is 5.45. The number of aromatic nitrogens is 6. The summed E-state index contributed by atoms with van der Waals surface area (Å²) in [7, 11) is 0. The average Bonchev–Trinajstić information content (AvgIpc) is 3.18. The van der Waals surface area contributed by atoms with E-state index in [1.165, 1.54) is 0 Å². The Kier molecular flexibility index (Phi) is 3.64. The molecule has 1 aliphatic heterocycles. The van der Waals surface area contributed by atoms with E-state index in [1.807, 2.05) is 26.0 Å². The van der Waals surface area contributed by atoms with Crippen LogP contribution in [0.3, 0.4) is 0 Å². The number of hydrogen-bond acceptors (Lipinski definition) is 8. The Morgan fingerprint density at radius 1 is 1.00 bits per heavy atom. The van der Waals surface area contributed by atoms with Crippen LogP contribution in [0, 0.1) is 13.8 Å². The van der Waals surface area contributed by atoms with E-state index in [2.05, 4.69) is 42.0 Å². The van der Waals surface area contributed by atoms with E-state index in [0.29, 0.717) is 11.7 Å². The molecule has 0 aromatic carbocycles. The third kappa shape index (κ3) is 2.71. The van der Waals surface area contributed by atoms with Gasteiger partial charge in [0.15, 0.2) is 17.3 Å². The monoisotopic (exact) mass is 328 g/mol. The zero-order chi connectivity index (χ0) is 16.7. The van der Waals surface area contributed by atoms with E-state index < -0.39 is 0 Å². The van der Waals surface area contributed by atoms with Gasteiger partial charge in [-0.15, -0.1) is 14.8 Å². The van der Waals surface area contributed by atoms with E-state index in [0.717, 1.165) is 43.5 Å². The van der Waals surface area contributed by atoms with Crippen LogP contribution >= 0.6 is 0 Å². The summed E-state index contributed by atoms with van der Waals surface area (Å²) in [4.78, 5) is 13.3. The van der Waals surface area contributed by atoms with Crippen LogP contribution in [-0.2, 0) is 0 Å². The van der Waals surface area contributed by atoms with Crippen molar-refractivity contribution >= 4 is 11.5 Å². The molecule has 1 fully saturated rings. The SMILES string of the molecule is Cc1noc([C@@H](C)N2CCN(c3ccc4nc(C)nn4n3)CC2)n1. The van der Waals surface area contributed by atoms with Gasteiger partial charge in [0.05, 0.1) is 6.04 Å². The minimum atomic E-state index is 0.127. The van der Waals surface area contributed by atoms with Crippen molar-refractivity contribution in [2.45, 2.75) is 26.8 Å². The van der Waals surface area contributed by atoms with E-state index in [-0.39, 0.29) is 6.04 Å². The molecular formula is C15H20N8O. The van der Waals surface area contributed by atoms with Crippen molar-refractivity contribution in [3.05, 3.63) is 29.7 Å².